The Morgan fingerprint density at radius 1 is 1.53 bits per heavy atom. The van der Waals surface area contributed by atoms with Crippen LogP contribution in [0.5, 0.6) is 0 Å². The second kappa shape index (κ2) is 4.83. The number of nitrogens with zero attached hydrogens (tertiary/aromatic N) is 2. The molecule has 2 aromatic rings. The van der Waals surface area contributed by atoms with Crippen LogP contribution in [0.2, 0.25) is 5.02 Å². The molecule has 3 N–H and O–H groups in total. The molecule has 4 nitrogen and oxygen atoms in total. The number of aromatic nitrogens is 2. The molecule has 0 aliphatic heterocycles. The molecule has 0 saturated heterocycles. The molecule has 1 heterocycles. The van der Waals surface area contributed by atoms with Crippen LogP contribution < -0.4 is 11.3 Å². The Bertz CT molecular complexity index is 526. The summed E-state index contributed by atoms with van der Waals surface area (Å²) in [5.41, 5.74) is 4.22. The van der Waals surface area contributed by atoms with E-state index in [1.807, 2.05) is 13.2 Å². The normalized spacial score (nSPS) is 12.7. The van der Waals surface area contributed by atoms with Gasteiger partial charge in [-0.05, 0) is 17.7 Å². The summed E-state index contributed by atoms with van der Waals surface area (Å²) in [7, 11) is 1.81. The number of nitrogens with two attached hydrogens (primary N) is 1. The van der Waals surface area contributed by atoms with Crippen molar-refractivity contribution >= 4 is 11.6 Å². The van der Waals surface area contributed by atoms with Crippen LogP contribution in [-0.2, 0) is 7.05 Å². The lowest BCUT2D eigenvalue weighted by atomic mass is 10.0. The molecule has 1 aromatic heterocycles. The first-order chi connectivity index (χ1) is 8.11. The first kappa shape index (κ1) is 12.0. The Morgan fingerprint density at radius 2 is 2.29 bits per heavy atom. The van der Waals surface area contributed by atoms with Gasteiger partial charge in [-0.25, -0.2) is 9.82 Å². The van der Waals surface area contributed by atoms with E-state index in [1.54, 1.807) is 16.9 Å². The highest BCUT2D eigenvalue weighted by atomic mass is 35.5. The fourth-order valence-electron chi connectivity index (χ4n) is 1.69. The van der Waals surface area contributed by atoms with E-state index >= 15 is 0 Å². The van der Waals surface area contributed by atoms with Gasteiger partial charge in [0.15, 0.2) is 0 Å². The fraction of sp³-hybridized carbons (Fsp3) is 0.182. The van der Waals surface area contributed by atoms with E-state index in [9.17, 15) is 4.39 Å². The smallest absolute Gasteiger partial charge is 0.124 e. The molecule has 0 bridgehead atoms. The number of hydrogen-bond donors (Lipinski definition) is 2. The Labute approximate surface area is 103 Å². The first-order valence-corrected chi connectivity index (χ1v) is 5.39. The minimum absolute atomic E-state index is 0.309. The van der Waals surface area contributed by atoms with Gasteiger partial charge in [-0.1, -0.05) is 17.7 Å². The van der Waals surface area contributed by atoms with Crippen LogP contribution in [-0.4, -0.2) is 9.78 Å². The van der Waals surface area contributed by atoms with E-state index in [4.69, 9.17) is 17.4 Å². The van der Waals surface area contributed by atoms with E-state index < -0.39 is 0 Å². The molecule has 1 aromatic carbocycles. The summed E-state index contributed by atoms with van der Waals surface area (Å²) < 4.78 is 14.6. The highest BCUT2D eigenvalue weighted by Gasteiger charge is 2.17. The van der Waals surface area contributed by atoms with Crippen molar-refractivity contribution in [3.63, 3.8) is 0 Å². The minimum Gasteiger partial charge on any atom is -0.275 e. The summed E-state index contributed by atoms with van der Waals surface area (Å²) >= 11 is 6.00. The highest BCUT2D eigenvalue weighted by molar-refractivity contribution is 6.31. The molecule has 6 heteroatoms. The third-order valence-electron chi connectivity index (χ3n) is 2.50. The third kappa shape index (κ3) is 2.46. The Balaban J connectivity index is 2.42. The van der Waals surface area contributed by atoms with Gasteiger partial charge in [-0.15, -0.1) is 0 Å². The molecule has 0 spiro atoms. The monoisotopic (exact) mass is 254 g/mol. The maximum atomic E-state index is 13.0. The molecule has 0 aliphatic carbocycles. The molecule has 1 atom stereocenters. The van der Waals surface area contributed by atoms with Crippen LogP contribution in [0.3, 0.4) is 0 Å². The molecule has 2 rings (SSSR count). The largest absolute Gasteiger partial charge is 0.275 e. The molecule has 0 radical (unpaired) electrons. The summed E-state index contributed by atoms with van der Waals surface area (Å²) in [6, 6.07) is 3.91. The van der Waals surface area contributed by atoms with Crippen LogP contribution >= 0.6 is 11.6 Å². The number of benzene rings is 1. The first-order valence-electron chi connectivity index (χ1n) is 5.01. The number of rotatable bonds is 3. The Hall–Kier alpha value is -1.43. The molecule has 1 unspecified atom stereocenters. The zero-order valence-electron chi connectivity index (χ0n) is 9.19. The molecule has 0 saturated carbocycles. The Morgan fingerprint density at radius 3 is 2.82 bits per heavy atom. The summed E-state index contributed by atoms with van der Waals surface area (Å²) in [6.07, 6.45) is 3.51. The highest BCUT2D eigenvalue weighted by Crippen LogP contribution is 2.28. The predicted octanol–water partition coefficient (Wildman–Crippen LogP) is 1.77. The second-order valence-electron chi connectivity index (χ2n) is 3.71. The van der Waals surface area contributed by atoms with Crippen molar-refractivity contribution in [2.24, 2.45) is 12.9 Å². The van der Waals surface area contributed by atoms with Crippen LogP contribution in [0.1, 0.15) is 17.2 Å². The zero-order chi connectivity index (χ0) is 12.4. The molecule has 0 amide bonds. The van der Waals surface area contributed by atoms with Gasteiger partial charge in [0.25, 0.3) is 0 Å². The van der Waals surface area contributed by atoms with Crippen molar-refractivity contribution < 1.29 is 4.39 Å². The summed E-state index contributed by atoms with van der Waals surface area (Å²) in [5, 5.41) is 4.39. The van der Waals surface area contributed by atoms with Gasteiger partial charge in [0.05, 0.1) is 12.2 Å². The summed E-state index contributed by atoms with van der Waals surface area (Å²) in [4.78, 5) is 0. The maximum Gasteiger partial charge on any atom is 0.124 e. The molecular formula is C11H12ClFN4. The lowest BCUT2D eigenvalue weighted by Crippen LogP contribution is -2.28. The van der Waals surface area contributed by atoms with E-state index in [2.05, 4.69) is 10.5 Å². The van der Waals surface area contributed by atoms with E-state index in [1.165, 1.54) is 12.1 Å². The quantitative estimate of drug-likeness (QED) is 0.648. The van der Waals surface area contributed by atoms with Crippen molar-refractivity contribution in [3.8, 4) is 0 Å². The van der Waals surface area contributed by atoms with Crippen molar-refractivity contribution in [2.75, 3.05) is 0 Å². The van der Waals surface area contributed by atoms with E-state index in [0.717, 1.165) is 5.56 Å². The number of aryl methyl sites for hydroxylation is 1. The zero-order valence-corrected chi connectivity index (χ0v) is 9.95. The average Bonchev–Trinajstić information content (AvgIpc) is 2.69. The van der Waals surface area contributed by atoms with Crippen LogP contribution in [0, 0.1) is 5.82 Å². The van der Waals surface area contributed by atoms with Gasteiger partial charge in [0.1, 0.15) is 5.82 Å². The number of hydrazine groups is 1. The maximum absolute atomic E-state index is 13.0. The number of nitrogens with one attached hydrogen (secondary N) is 1. The lowest BCUT2D eigenvalue weighted by Gasteiger charge is -2.16. The van der Waals surface area contributed by atoms with E-state index in [0.29, 0.717) is 10.6 Å². The van der Waals surface area contributed by atoms with Crippen LogP contribution in [0.15, 0.2) is 30.6 Å². The van der Waals surface area contributed by atoms with Crippen molar-refractivity contribution in [1.82, 2.24) is 15.2 Å². The molecule has 0 aliphatic rings. The van der Waals surface area contributed by atoms with Gasteiger partial charge < -0.3 is 0 Å². The Kier molecular flexibility index (Phi) is 3.42. The molecule has 17 heavy (non-hydrogen) atoms. The van der Waals surface area contributed by atoms with Crippen LogP contribution in [0.4, 0.5) is 4.39 Å². The predicted molar refractivity (Wildman–Crippen MR) is 63.8 cm³/mol. The molecule has 0 fully saturated rings. The number of hydrogen-bond acceptors (Lipinski definition) is 3. The number of halogens is 2. The third-order valence-corrected chi connectivity index (χ3v) is 2.83. The van der Waals surface area contributed by atoms with Gasteiger partial charge in [0.2, 0.25) is 0 Å². The van der Waals surface area contributed by atoms with E-state index in [-0.39, 0.29) is 11.9 Å². The lowest BCUT2D eigenvalue weighted by molar-refractivity contribution is 0.615. The van der Waals surface area contributed by atoms with Gasteiger partial charge in [-0.3, -0.25) is 10.5 Å². The second-order valence-corrected chi connectivity index (χ2v) is 4.12. The van der Waals surface area contributed by atoms with Gasteiger partial charge >= 0.3 is 0 Å². The van der Waals surface area contributed by atoms with Crippen LogP contribution in [0.25, 0.3) is 0 Å². The van der Waals surface area contributed by atoms with Crippen molar-refractivity contribution in [3.05, 3.63) is 52.6 Å². The fourth-order valence-corrected chi connectivity index (χ4v) is 1.97. The molecular weight excluding hydrogens is 243 g/mol. The van der Waals surface area contributed by atoms with Crippen molar-refractivity contribution in [2.45, 2.75) is 6.04 Å². The topological polar surface area (TPSA) is 55.9 Å². The van der Waals surface area contributed by atoms with Gasteiger partial charge in [-0.2, -0.15) is 5.10 Å². The van der Waals surface area contributed by atoms with Gasteiger partial charge in [0, 0.05) is 23.8 Å². The molecule has 90 valence electrons. The minimum atomic E-state index is -0.374. The summed E-state index contributed by atoms with van der Waals surface area (Å²) in [5.74, 6) is 5.14. The standard InChI is InChI=1S/C11H12ClFN4/c1-17-6-7(5-15-17)11(16-14)9-3-2-8(13)4-10(9)12/h2-6,11,16H,14H2,1H3. The van der Waals surface area contributed by atoms with Crippen molar-refractivity contribution in [1.29, 1.82) is 0 Å². The SMILES string of the molecule is Cn1cc(C(NN)c2ccc(F)cc2Cl)cn1. The summed E-state index contributed by atoms with van der Waals surface area (Å²) in [6.45, 7) is 0. The average molecular weight is 255 g/mol.